The van der Waals surface area contributed by atoms with E-state index < -0.39 is 0 Å². The van der Waals surface area contributed by atoms with Crippen molar-refractivity contribution in [3.8, 4) is 0 Å². The van der Waals surface area contributed by atoms with Crippen molar-refractivity contribution < 1.29 is 9.53 Å². The Morgan fingerprint density at radius 3 is 2.22 bits per heavy atom. The molecule has 27 heavy (non-hydrogen) atoms. The smallest absolute Gasteiger partial charge is 0.414 e. The maximum Gasteiger partial charge on any atom is 0.414 e. The van der Waals surface area contributed by atoms with Gasteiger partial charge >= 0.3 is 6.09 Å². The molecule has 0 bridgehead atoms. The molecule has 0 saturated carbocycles. The van der Waals surface area contributed by atoms with E-state index in [1.807, 2.05) is 12.1 Å². The Balaban J connectivity index is 1.39. The van der Waals surface area contributed by atoms with Crippen LogP contribution in [-0.2, 0) is 4.74 Å². The van der Waals surface area contributed by atoms with Crippen molar-refractivity contribution in [3.63, 3.8) is 0 Å². The molecule has 2 aromatic carbocycles. The molecule has 0 aromatic heterocycles. The number of nitrogens with zero attached hydrogens (tertiary/aromatic N) is 3. The molecule has 2 heterocycles. The third-order valence-corrected chi connectivity index (χ3v) is 5.40. The fraction of sp³-hybridized carbons (Fsp3) is 0.381. The van der Waals surface area contributed by atoms with Gasteiger partial charge in [-0.3, -0.25) is 4.90 Å². The van der Waals surface area contributed by atoms with Gasteiger partial charge in [0.05, 0.1) is 6.54 Å². The van der Waals surface area contributed by atoms with Crippen LogP contribution in [0.5, 0.6) is 0 Å². The first-order chi connectivity index (χ1) is 13.2. The van der Waals surface area contributed by atoms with Crippen molar-refractivity contribution >= 4 is 23.2 Å². The van der Waals surface area contributed by atoms with Gasteiger partial charge in [-0.1, -0.05) is 18.2 Å². The highest BCUT2D eigenvalue weighted by molar-refractivity contribution is 5.90. The van der Waals surface area contributed by atoms with Gasteiger partial charge in [0.2, 0.25) is 0 Å². The van der Waals surface area contributed by atoms with Crippen LogP contribution in [0.1, 0.15) is 5.56 Å². The van der Waals surface area contributed by atoms with E-state index in [0.717, 1.165) is 31.9 Å². The van der Waals surface area contributed by atoms with Crippen LogP contribution in [0.4, 0.5) is 21.9 Å². The molecule has 4 rings (SSSR count). The lowest BCUT2D eigenvalue weighted by Gasteiger charge is -2.38. The standard InChI is InChI=1S/C21H26N4O2/c1-16-4-2-3-5-20(16)24-12-10-23(11-13-24)17-6-8-18(9-7-17)25-15-19(14-22)27-21(25)26/h2-9,19H,10-15,22H2,1H3/t19-/m0/s1. The van der Waals surface area contributed by atoms with Crippen LogP contribution in [0.3, 0.4) is 0 Å². The van der Waals surface area contributed by atoms with Crippen molar-refractivity contribution in [2.45, 2.75) is 13.0 Å². The third-order valence-electron chi connectivity index (χ3n) is 5.40. The predicted molar refractivity (Wildman–Crippen MR) is 109 cm³/mol. The van der Waals surface area contributed by atoms with Gasteiger partial charge in [-0.2, -0.15) is 0 Å². The fourth-order valence-corrected chi connectivity index (χ4v) is 3.82. The lowest BCUT2D eigenvalue weighted by Crippen LogP contribution is -2.46. The molecule has 2 aromatic rings. The summed E-state index contributed by atoms with van der Waals surface area (Å²) in [6.07, 6.45) is -0.531. The predicted octanol–water partition coefficient (Wildman–Crippen LogP) is 2.61. The number of aryl methyl sites for hydroxylation is 1. The molecule has 6 nitrogen and oxygen atoms in total. The number of piperazine rings is 1. The quantitative estimate of drug-likeness (QED) is 0.901. The SMILES string of the molecule is Cc1ccccc1N1CCN(c2ccc(N3C[C@H](CN)OC3=O)cc2)CC1. The second kappa shape index (κ2) is 7.48. The van der Waals surface area contributed by atoms with E-state index >= 15 is 0 Å². The van der Waals surface area contributed by atoms with E-state index in [9.17, 15) is 4.79 Å². The average Bonchev–Trinajstić information content (AvgIpc) is 3.09. The summed E-state index contributed by atoms with van der Waals surface area (Å²) in [7, 11) is 0. The van der Waals surface area contributed by atoms with Crippen LogP contribution >= 0.6 is 0 Å². The second-order valence-corrected chi connectivity index (χ2v) is 7.13. The van der Waals surface area contributed by atoms with E-state index in [1.165, 1.54) is 16.9 Å². The minimum Gasteiger partial charge on any atom is -0.443 e. The van der Waals surface area contributed by atoms with Crippen molar-refractivity contribution in [2.75, 3.05) is 54.0 Å². The molecule has 1 amide bonds. The Kier molecular flexibility index (Phi) is 4.90. The van der Waals surface area contributed by atoms with E-state index in [4.69, 9.17) is 10.5 Å². The van der Waals surface area contributed by atoms with Gasteiger partial charge in [-0.15, -0.1) is 0 Å². The number of amides is 1. The molecule has 2 saturated heterocycles. The number of ether oxygens (including phenoxy) is 1. The van der Waals surface area contributed by atoms with Crippen molar-refractivity contribution in [1.29, 1.82) is 0 Å². The molecular formula is C21H26N4O2. The number of anilines is 3. The Bertz CT molecular complexity index is 800. The summed E-state index contributed by atoms with van der Waals surface area (Å²) in [6, 6.07) is 16.7. The Labute approximate surface area is 160 Å². The van der Waals surface area contributed by atoms with E-state index in [-0.39, 0.29) is 12.2 Å². The van der Waals surface area contributed by atoms with Crippen LogP contribution in [0.2, 0.25) is 0 Å². The number of carbonyl (C=O) groups excluding carboxylic acids is 1. The molecule has 0 spiro atoms. The number of hydrogen-bond donors (Lipinski definition) is 1. The van der Waals surface area contributed by atoms with Crippen molar-refractivity contribution in [2.24, 2.45) is 5.73 Å². The zero-order chi connectivity index (χ0) is 18.8. The number of benzene rings is 2. The maximum atomic E-state index is 12.0. The summed E-state index contributed by atoms with van der Waals surface area (Å²) >= 11 is 0. The zero-order valence-corrected chi connectivity index (χ0v) is 15.7. The summed E-state index contributed by atoms with van der Waals surface area (Å²) in [5, 5.41) is 0. The van der Waals surface area contributed by atoms with Crippen LogP contribution in [0.15, 0.2) is 48.5 Å². The van der Waals surface area contributed by atoms with Gasteiger partial charge in [0.1, 0.15) is 6.10 Å². The summed E-state index contributed by atoms with van der Waals surface area (Å²) in [5.74, 6) is 0. The topological polar surface area (TPSA) is 62.0 Å². The van der Waals surface area contributed by atoms with E-state index in [0.29, 0.717) is 13.1 Å². The maximum absolute atomic E-state index is 12.0. The zero-order valence-electron chi connectivity index (χ0n) is 15.7. The summed E-state index contributed by atoms with van der Waals surface area (Å²) in [5.41, 5.74) is 10.3. The molecule has 2 fully saturated rings. The highest BCUT2D eigenvalue weighted by atomic mass is 16.6. The highest BCUT2D eigenvalue weighted by Gasteiger charge is 2.31. The largest absolute Gasteiger partial charge is 0.443 e. The summed E-state index contributed by atoms with van der Waals surface area (Å²) < 4.78 is 5.23. The normalized spacial score (nSPS) is 20.1. The summed E-state index contributed by atoms with van der Waals surface area (Å²) in [6.45, 7) is 7.00. The Hall–Kier alpha value is -2.73. The van der Waals surface area contributed by atoms with Crippen LogP contribution in [0.25, 0.3) is 0 Å². The molecule has 0 unspecified atom stereocenters. The van der Waals surface area contributed by atoms with Crippen LogP contribution < -0.4 is 20.4 Å². The van der Waals surface area contributed by atoms with Crippen molar-refractivity contribution in [1.82, 2.24) is 0 Å². The minimum atomic E-state index is -0.315. The number of para-hydroxylation sites is 1. The monoisotopic (exact) mass is 366 g/mol. The first kappa shape index (κ1) is 17.7. The molecule has 142 valence electrons. The minimum absolute atomic E-state index is 0.216. The van der Waals surface area contributed by atoms with Gasteiger partial charge in [-0.05, 0) is 42.8 Å². The fourth-order valence-electron chi connectivity index (χ4n) is 3.82. The number of cyclic esters (lactones) is 1. The second-order valence-electron chi connectivity index (χ2n) is 7.13. The molecule has 2 aliphatic heterocycles. The van der Waals surface area contributed by atoms with Gasteiger partial charge in [0.15, 0.2) is 0 Å². The Morgan fingerprint density at radius 2 is 1.59 bits per heavy atom. The molecular weight excluding hydrogens is 340 g/mol. The molecule has 0 radical (unpaired) electrons. The summed E-state index contributed by atoms with van der Waals surface area (Å²) in [4.78, 5) is 18.5. The van der Waals surface area contributed by atoms with Gasteiger partial charge in [0, 0.05) is 49.8 Å². The number of carbonyl (C=O) groups is 1. The Morgan fingerprint density at radius 1 is 0.963 bits per heavy atom. The highest BCUT2D eigenvalue weighted by Crippen LogP contribution is 2.27. The molecule has 2 aliphatic rings. The van der Waals surface area contributed by atoms with Crippen LogP contribution in [-0.4, -0.2) is 51.5 Å². The lowest BCUT2D eigenvalue weighted by molar-refractivity contribution is 0.145. The first-order valence-corrected chi connectivity index (χ1v) is 9.49. The first-order valence-electron chi connectivity index (χ1n) is 9.49. The third kappa shape index (κ3) is 3.57. The molecule has 1 atom stereocenters. The molecule has 0 aliphatic carbocycles. The van der Waals surface area contributed by atoms with Gasteiger partial charge in [0.25, 0.3) is 0 Å². The van der Waals surface area contributed by atoms with Gasteiger partial charge < -0.3 is 20.3 Å². The molecule has 2 N–H and O–H groups in total. The number of rotatable bonds is 4. The van der Waals surface area contributed by atoms with Gasteiger partial charge in [-0.25, -0.2) is 4.79 Å². The van der Waals surface area contributed by atoms with Crippen LogP contribution in [0, 0.1) is 6.92 Å². The van der Waals surface area contributed by atoms with E-state index in [2.05, 4.69) is 53.1 Å². The average molecular weight is 366 g/mol. The van der Waals surface area contributed by atoms with E-state index in [1.54, 1.807) is 4.90 Å². The number of hydrogen-bond acceptors (Lipinski definition) is 5. The molecule has 6 heteroatoms. The van der Waals surface area contributed by atoms with Crippen molar-refractivity contribution in [3.05, 3.63) is 54.1 Å². The lowest BCUT2D eigenvalue weighted by atomic mass is 10.1. The number of nitrogens with two attached hydrogens (primary N) is 1.